The molecule has 2 spiro atoms. The second-order valence-electron chi connectivity index (χ2n) is 16.2. The molecule has 11 atom stereocenters. The van der Waals surface area contributed by atoms with Gasteiger partial charge in [-0.1, -0.05) is 20.8 Å². The van der Waals surface area contributed by atoms with Gasteiger partial charge in [-0.25, -0.2) is 4.79 Å². The lowest BCUT2D eigenvalue weighted by molar-refractivity contribution is -0.200. The maximum Gasteiger partial charge on any atom is 0.407 e. The lowest BCUT2D eigenvalue weighted by atomic mass is 9.46. The molecule has 6 aliphatic rings. The molecule has 1 heterocycles. The number of nitrogens with one attached hydrogen (secondary N) is 1. The van der Waals surface area contributed by atoms with Crippen LogP contribution in [0.1, 0.15) is 107 Å². The monoisotopic (exact) mass is 591 g/mol. The summed E-state index contributed by atoms with van der Waals surface area (Å²) in [5.41, 5.74) is -0.443. The summed E-state index contributed by atoms with van der Waals surface area (Å²) in [6.45, 7) is 11.4. The minimum atomic E-state index is -1.17. The standard InChI is InChI=1S/C33H51NO8.H2/c1-18(35)40-27(30(4,5)39)22-9-7-20-23(41-22)15-21-19-8-10-24-29(2,3)25(42-28(38)34-16-26(36)37)11-12-33(24)17-32(19,33)14-13-31(20,21)6;/h19-25,27,39H,7-17H2,1-6H3,(H,34,38)(H,36,37);1H/t19?,20?,21?,22?,23?,24?,25-,27-,31?,32-,33?;/m0./s1. The Kier molecular flexibility index (Phi) is 7.05. The van der Waals surface area contributed by atoms with Crippen LogP contribution in [0.2, 0.25) is 0 Å². The van der Waals surface area contributed by atoms with Crippen molar-refractivity contribution in [2.75, 3.05) is 6.54 Å². The average molecular weight is 592 g/mol. The number of amides is 1. The van der Waals surface area contributed by atoms with Crippen LogP contribution >= 0.6 is 0 Å². The highest BCUT2D eigenvalue weighted by Crippen LogP contribution is 2.87. The van der Waals surface area contributed by atoms with Crippen molar-refractivity contribution >= 4 is 18.0 Å². The molecule has 238 valence electrons. The summed E-state index contributed by atoms with van der Waals surface area (Å²) in [5.74, 6) is 0.789. The van der Waals surface area contributed by atoms with Crippen LogP contribution in [0, 0.1) is 45.3 Å². The van der Waals surface area contributed by atoms with Gasteiger partial charge in [0.2, 0.25) is 0 Å². The number of rotatable bonds is 6. The van der Waals surface area contributed by atoms with Crippen LogP contribution in [0.5, 0.6) is 0 Å². The Morgan fingerprint density at radius 3 is 2.38 bits per heavy atom. The van der Waals surface area contributed by atoms with Crippen molar-refractivity contribution in [3.05, 3.63) is 0 Å². The topological polar surface area (TPSA) is 131 Å². The van der Waals surface area contributed by atoms with Gasteiger partial charge >= 0.3 is 18.0 Å². The highest BCUT2D eigenvalue weighted by Gasteiger charge is 2.81. The Bertz CT molecular complexity index is 1140. The molecule has 6 fully saturated rings. The van der Waals surface area contributed by atoms with Crippen molar-refractivity contribution in [2.24, 2.45) is 45.3 Å². The van der Waals surface area contributed by atoms with Gasteiger partial charge in [-0.05, 0) is 118 Å². The summed E-state index contributed by atoms with van der Waals surface area (Å²) >= 11 is 0. The van der Waals surface area contributed by atoms with Gasteiger partial charge in [0.05, 0.1) is 17.8 Å². The van der Waals surface area contributed by atoms with E-state index in [4.69, 9.17) is 19.3 Å². The number of hydrogen-bond acceptors (Lipinski definition) is 7. The molecule has 1 amide bonds. The number of carboxylic acids is 1. The molecule has 8 unspecified atom stereocenters. The van der Waals surface area contributed by atoms with Gasteiger partial charge in [0, 0.05) is 13.8 Å². The van der Waals surface area contributed by atoms with Crippen LogP contribution in [0.15, 0.2) is 0 Å². The van der Waals surface area contributed by atoms with E-state index in [1.54, 1.807) is 13.8 Å². The fourth-order valence-electron chi connectivity index (χ4n) is 11.9. The third-order valence-corrected chi connectivity index (χ3v) is 13.5. The first-order valence-corrected chi connectivity index (χ1v) is 16.3. The van der Waals surface area contributed by atoms with E-state index < -0.39 is 30.3 Å². The lowest BCUT2D eigenvalue weighted by Crippen LogP contribution is -2.55. The molecular weight excluding hydrogens is 538 g/mol. The predicted molar refractivity (Wildman–Crippen MR) is 155 cm³/mol. The van der Waals surface area contributed by atoms with Gasteiger partial charge in [0.25, 0.3) is 0 Å². The third kappa shape index (κ3) is 4.41. The molecule has 3 N–H and O–H groups in total. The molecule has 42 heavy (non-hydrogen) atoms. The molecule has 6 rings (SSSR count). The first-order chi connectivity index (χ1) is 19.5. The van der Waals surface area contributed by atoms with Gasteiger partial charge in [-0.2, -0.15) is 0 Å². The molecule has 5 aliphatic carbocycles. The summed E-state index contributed by atoms with van der Waals surface area (Å²) in [7, 11) is 0. The van der Waals surface area contributed by atoms with Crippen molar-refractivity contribution in [1.29, 1.82) is 0 Å². The van der Waals surface area contributed by atoms with E-state index in [1.165, 1.54) is 32.6 Å². The lowest BCUT2D eigenvalue weighted by Gasteiger charge is -2.59. The summed E-state index contributed by atoms with van der Waals surface area (Å²) in [4.78, 5) is 35.2. The fourth-order valence-corrected chi connectivity index (χ4v) is 11.9. The van der Waals surface area contributed by atoms with Gasteiger partial charge in [-0.15, -0.1) is 0 Å². The molecule has 0 radical (unpaired) electrons. The van der Waals surface area contributed by atoms with Crippen molar-refractivity contribution in [2.45, 2.75) is 136 Å². The Hall–Kier alpha value is -1.87. The number of alkyl carbamates (subject to hydrolysis) is 1. The zero-order valence-corrected chi connectivity index (χ0v) is 26.2. The fraction of sp³-hybridized carbons (Fsp3) is 0.909. The second kappa shape index (κ2) is 9.82. The summed E-state index contributed by atoms with van der Waals surface area (Å²) in [6.07, 6.45) is 9.16. The summed E-state index contributed by atoms with van der Waals surface area (Å²) < 4.78 is 18.2. The van der Waals surface area contributed by atoms with Crippen LogP contribution in [-0.2, 0) is 23.8 Å². The molecule has 9 nitrogen and oxygen atoms in total. The minimum Gasteiger partial charge on any atom is -0.480 e. The van der Waals surface area contributed by atoms with Gasteiger partial charge < -0.3 is 29.7 Å². The van der Waals surface area contributed by atoms with Crippen molar-refractivity contribution < 1.29 is 40.2 Å². The Morgan fingerprint density at radius 1 is 1.00 bits per heavy atom. The maximum atomic E-state index is 12.4. The number of carbonyl (C=O) groups excluding carboxylic acids is 2. The third-order valence-electron chi connectivity index (χ3n) is 13.5. The van der Waals surface area contributed by atoms with E-state index in [9.17, 15) is 19.5 Å². The Labute approximate surface area is 251 Å². The van der Waals surface area contributed by atoms with Crippen LogP contribution in [-0.4, -0.2) is 64.8 Å². The molecule has 0 aromatic carbocycles. The van der Waals surface area contributed by atoms with Gasteiger partial charge in [0.15, 0.2) is 6.10 Å². The SMILES string of the molecule is CC(=O)O[C@@H](C1CCC2C(CC3C4CCC5C(C)(C)[C@@H](OC(=O)NCC(=O)O)CCC56C[C@@]46CCC23C)O1)C(C)(C)O.[HH]. The Balaban J connectivity index is 0.00000368. The average Bonchev–Trinajstić information content (AvgIpc) is 3.47. The molecule has 0 aromatic heterocycles. The van der Waals surface area contributed by atoms with E-state index in [0.717, 1.165) is 38.5 Å². The van der Waals surface area contributed by atoms with Crippen LogP contribution in [0.4, 0.5) is 4.79 Å². The van der Waals surface area contributed by atoms with Crippen molar-refractivity contribution in [3.8, 4) is 0 Å². The van der Waals surface area contributed by atoms with Crippen molar-refractivity contribution in [1.82, 2.24) is 5.32 Å². The molecule has 1 aliphatic heterocycles. The molecule has 9 heteroatoms. The number of hydrogen-bond donors (Lipinski definition) is 3. The number of ether oxygens (including phenoxy) is 3. The molecular formula is C33H53NO8. The second-order valence-corrected chi connectivity index (χ2v) is 16.2. The smallest absolute Gasteiger partial charge is 0.407 e. The number of carboxylic acid groups (broad SMARTS) is 1. The number of carbonyl (C=O) groups is 3. The van der Waals surface area contributed by atoms with E-state index in [2.05, 4.69) is 26.1 Å². The maximum absolute atomic E-state index is 12.4. The number of aliphatic hydroxyl groups is 1. The zero-order valence-electron chi connectivity index (χ0n) is 26.2. The normalized spacial score (nSPS) is 45.5. The highest BCUT2D eigenvalue weighted by atomic mass is 16.6. The molecule has 5 saturated carbocycles. The molecule has 1 saturated heterocycles. The zero-order chi connectivity index (χ0) is 30.5. The quantitative estimate of drug-likeness (QED) is 0.354. The highest BCUT2D eigenvalue weighted by molar-refractivity contribution is 5.76. The van der Waals surface area contributed by atoms with E-state index in [1.807, 2.05) is 0 Å². The molecule has 0 bridgehead atoms. The molecule has 0 aromatic rings. The van der Waals surface area contributed by atoms with Gasteiger partial charge in [-0.3, -0.25) is 9.59 Å². The minimum absolute atomic E-state index is 0. The Morgan fingerprint density at radius 2 is 1.71 bits per heavy atom. The van der Waals surface area contributed by atoms with E-state index in [0.29, 0.717) is 34.5 Å². The predicted octanol–water partition coefficient (Wildman–Crippen LogP) is 5.32. The summed E-state index contributed by atoms with van der Waals surface area (Å²) in [6, 6.07) is 0. The van der Waals surface area contributed by atoms with Crippen LogP contribution < -0.4 is 5.32 Å². The van der Waals surface area contributed by atoms with Gasteiger partial charge in [0.1, 0.15) is 12.6 Å². The number of esters is 1. The van der Waals surface area contributed by atoms with Crippen molar-refractivity contribution in [3.63, 3.8) is 0 Å². The number of aliphatic carboxylic acids is 1. The first kappa shape index (κ1) is 30.2. The first-order valence-electron chi connectivity index (χ1n) is 16.3. The summed E-state index contributed by atoms with van der Waals surface area (Å²) in [5, 5.41) is 22.1. The number of fused-ring (bicyclic) bond motifs is 4. The largest absolute Gasteiger partial charge is 0.480 e. The van der Waals surface area contributed by atoms with E-state index in [-0.39, 0.29) is 36.5 Å². The van der Waals surface area contributed by atoms with Crippen LogP contribution in [0.25, 0.3) is 0 Å². The van der Waals surface area contributed by atoms with E-state index >= 15 is 0 Å². The van der Waals surface area contributed by atoms with Crippen LogP contribution in [0.3, 0.4) is 0 Å².